The highest BCUT2D eigenvalue weighted by atomic mass is 32.1. The van der Waals surface area contributed by atoms with Crippen LogP contribution in [0, 0.1) is 11.3 Å². The molecular formula is C24H18N4O4S. The van der Waals surface area contributed by atoms with Crippen LogP contribution in [0.2, 0.25) is 0 Å². The van der Waals surface area contributed by atoms with Gasteiger partial charge in [0, 0.05) is 11.1 Å². The lowest BCUT2D eigenvalue weighted by molar-refractivity contribution is 0.414. The predicted octanol–water partition coefficient (Wildman–Crippen LogP) is 4.26. The second kappa shape index (κ2) is 8.00. The number of ether oxygens (including phenoxy) is 3. The summed E-state index contributed by atoms with van der Waals surface area (Å²) >= 11 is 1.06. The molecule has 0 saturated carbocycles. The average Bonchev–Trinajstić information content (AvgIpc) is 3.21. The van der Waals surface area contributed by atoms with Gasteiger partial charge >= 0.3 is 4.87 Å². The fraction of sp³-hybridized carbons (Fsp3) is 0.125. The highest BCUT2D eigenvalue weighted by Gasteiger charge is 2.37. The highest BCUT2D eigenvalue weighted by molar-refractivity contribution is 7.09. The Hall–Kier alpha value is -4.29. The second-order valence-electron chi connectivity index (χ2n) is 7.32. The summed E-state index contributed by atoms with van der Waals surface area (Å²) in [7, 11) is 3.19. The Labute approximate surface area is 192 Å². The number of benzene rings is 2. The van der Waals surface area contributed by atoms with E-state index in [1.165, 1.54) is 0 Å². The monoisotopic (exact) mass is 458 g/mol. The Balaban J connectivity index is 1.83. The highest BCUT2D eigenvalue weighted by Crippen LogP contribution is 2.52. The van der Waals surface area contributed by atoms with Gasteiger partial charge in [0.15, 0.2) is 0 Å². The Morgan fingerprint density at radius 3 is 2.33 bits per heavy atom. The number of methoxy groups -OCH3 is 2. The van der Waals surface area contributed by atoms with Crippen molar-refractivity contribution in [2.45, 2.75) is 5.92 Å². The number of aromatic nitrogens is 2. The number of nitrogens with two attached hydrogens (primary N) is 1. The van der Waals surface area contributed by atoms with Gasteiger partial charge in [-0.15, -0.1) is 0 Å². The Bertz CT molecular complexity index is 1450. The summed E-state index contributed by atoms with van der Waals surface area (Å²) in [5, 5.41) is 9.98. The molecule has 0 aliphatic carbocycles. The number of nitrogen functional groups attached to an aromatic ring is 1. The maximum Gasteiger partial charge on any atom is 0.307 e. The molecule has 2 aromatic heterocycles. The number of H-pyrrole nitrogens is 1. The van der Waals surface area contributed by atoms with Gasteiger partial charge < -0.3 is 19.9 Å². The number of hydrogen-bond acceptors (Lipinski definition) is 8. The molecule has 0 bridgehead atoms. The average molecular weight is 458 g/mol. The van der Waals surface area contributed by atoms with Gasteiger partial charge in [0.25, 0.3) is 0 Å². The summed E-state index contributed by atoms with van der Waals surface area (Å²) in [6, 6.07) is 17.1. The van der Waals surface area contributed by atoms with Crippen molar-refractivity contribution in [3.05, 3.63) is 79.8 Å². The number of hydrogen-bond donors (Lipinski definition) is 2. The number of thiazole rings is 1. The van der Waals surface area contributed by atoms with E-state index in [0.717, 1.165) is 22.5 Å². The number of rotatable bonds is 4. The first-order valence-electron chi connectivity index (χ1n) is 9.96. The third kappa shape index (κ3) is 3.37. The van der Waals surface area contributed by atoms with E-state index in [2.05, 4.69) is 16.0 Å². The minimum absolute atomic E-state index is 0.0524. The van der Waals surface area contributed by atoms with Crippen molar-refractivity contribution in [3.63, 3.8) is 0 Å². The van der Waals surface area contributed by atoms with Gasteiger partial charge in [-0.05, 0) is 35.4 Å². The van der Waals surface area contributed by atoms with Crippen LogP contribution in [-0.4, -0.2) is 24.2 Å². The Kier molecular flexibility index (Phi) is 4.99. The molecule has 0 amide bonds. The molecule has 0 spiro atoms. The quantitative estimate of drug-likeness (QED) is 0.412. The van der Waals surface area contributed by atoms with Gasteiger partial charge in [-0.3, -0.25) is 9.78 Å². The molecule has 0 saturated heterocycles. The Morgan fingerprint density at radius 1 is 1.09 bits per heavy atom. The first-order valence-corrected chi connectivity index (χ1v) is 10.8. The summed E-state index contributed by atoms with van der Waals surface area (Å²) in [5.41, 5.74) is 9.33. The molecule has 2 aromatic carbocycles. The second-order valence-corrected chi connectivity index (χ2v) is 8.34. The Morgan fingerprint density at radius 2 is 1.73 bits per heavy atom. The molecule has 0 fully saturated rings. The lowest BCUT2D eigenvalue weighted by Crippen LogP contribution is -2.15. The van der Waals surface area contributed by atoms with Crippen LogP contribution >= 0.6 is 11.3 Å². The predicted molar refractivity (Wildman–Crippen MR) is 124 cm³/mol. The standard InChI is InChI=1S/C24H18N4O4S/c1-30-14-7-3-12(4-8-14)17-16(11-25)21(26)27-22-19(17)18(13-5-9-15(31-2)10-6-13)20-23(32-22)28-24(29)33-20/h3-10,18H,1-2H3,(H2,26,27)(H,28,29). The van der Waals surface area contributed by atoms with Gasteiger partial charge in [-0.1, -0.05) is 35.6 Å². The van der Waals surface area contributed by atoms with E-state index in [1.54, 1.807) is 14.2 Å². The van der Waals surface area contributed by atoms with Crippen LogP contribution < -0.4 is 24.8 Å². The topological polar surface area (TPSA) is 123 Å². The summed E-state index contributed by atoms with van der Waals surface area (Å²) in [5.74, 6) is 1.61. The van der Waals surface area contributed by atoms with Gasteiger partial charge in [0.1, 0.15) is 28.9 Å². The van der Waals surface area contributed by atoms with Crippen molar-refractivity contribution in [2.75, 3.05) is 20.0 Å². The molecule has 0 radical (unpaired) electrons. The van der Waals surface area contributed by atoms with Gasteiger partial charge in [-0.25, -0.2) is 0 Å². The van der Waals surface area contributed by atoms with Crippen LogP contribution in [0.4, 0.5) is 5.82 Å². The van der Waals surface area contributed by atoms with Gasteiger partial charge in [0.05, 0.1) is 25.0 Å². The molecule has 1 aliphatic heterocycles. The molecule has 1 unspecified atom stereocenters. The normalized spacial score (nSPS) is 13.9. The zero-order valence-electron chi connectivity index (χ0n) is 17.7. The van der Waals surface area contributed by atoms with Crippen LogP contribution in [0.5, 0.6) is 23.3 Å². The fourth-order valence-electron chi connectivity index (χ4n) is 4.05. The number of fused-ring (bicyclic) bond motifs is 2. The van der Waals surface area contributed by atoms with Crippen molar-refractivity contribution < 1.29 is 14.2 Å². The zero-order chi connectivity index (χ0) is 23.1. The fourth-order valence-corrected chi connectivity index (χ4v) is 4.95. The van der Waals surface area contributed by atoms with E-state index < -0.39 is 5.92 Å². The number of nitriles is 1. The maximum absolute atomic E-state index is 12.3. The molecule has 3 heterocycles. The minimum Gasteiger partial charge on any atom is -0.497 e. The number of aromatic amines is 1. The first-order chi connectivity index (χ1) is 16.0. The molecular weight excluding hydrogens is 440 g/mol. The summed E-state index contributed by atoms with van der Waals surface area (Å²) in [6.07, 6.45) is 0. The lowest BCUT2D eigenvalue weighted by atomic mass is 9.82. The summed E-state index contributed by atoms with van der Waals surface area (Å²) < 4.78 is 16.6. The van der Waals surface area contributed by atoms with E-state index in [-0.39, 0.29) is 22.1 Å². The first kappa shape index (κ1) is 20.6. The largest absolute Gasteiger partial charge is 0.497 e. The van der Waals surface area contributed by atoms with Crippen LogP contribution in [0.25, 0.3) is 11.1 Å². The summed E-state index contributed by atoms with van der Waals surface area (Å²) in [4.78, 5) is 19.8. The van der Waals surface area contributed by atoms with Crippen molar-refractivity contribution >= 4 is 17.2 Å². The smallest absolute Gasteiger partial charge is 0.307 e. The molecule has 9 heteroatoms. The van der Waals surface area contributed by atoms with E-state index in [4.69, 9.17) is 19.9 Å². The molecule has 3 N–H and O–H groups in total. The van der Waals surface area contributed by atoms with E-state index in [0.29, 0.717) is 33.4 Å². The van der Waals surface area contributed by atoms with Crippen LogP contribution in [0.15, 0.2) is 53.3 Å². The number of nitrogens with one attached hydrogen (secondary N) is 1. The third-order valence-electron chi connectivity index (χ3n) is 5.56. The number of pyridine rings is 1. The maximum atomic E-state index is 12.3. The van der Waals surface area contributed by atoms with Crippen molar-refractivity contribution in [2.24, 2.45) is 0 Å². The van der Waals surface area contributed by atoms with E-state index in [9.17, 15) is 10.1 Å². The SMILES string of the molecule is COc1ccc(-c2c(C#N)c(N)nc3c2C(c2ccc(OC)cc2)c2sc(=O)[nH]c2O3)cc1. The molecule has 33 heavy (non-hydrogen) atoms. The molecule has 1 aliphatic rings. The van der Waals surface area contributed by atoms with Crippen LogP contribution in [-0.2, 0) is 0 Å². The summed E-state index contributed by atoms with van der Waals surface area (Å²) in [6.45, 7) is 0. The van der Waals surface area contributed by atoms with E-state index in [1.807, 2.05) is 48.5 Å². The third-order valence-corrected chi connectivity index (χ3v) is 6.49. The van der Waals surface area contributed by atoms with Crippen molar-refractivity contribution in [1.82, 2.24) is 9.97 Å². The van der Waals surface area contributed by atoms with Crippen molar-refractivity contribution in [3.8, 4) is 40.5 Å². The lowest BCUT2D eigenvalue weighted by Gasteiger charge is -2.28. The molecule has 5 rings (SSSR count). The van der Waals surface area contributed by atoms with Crippen LogP contribution in [0.3, 0.4) is 0 Å². The molecule has 1 atom stereocenters. The molecule has 164 valence electrons. The van der Waals surface area contributed by atoms with Crippen LogP contribution in [0.1, 0.15) is 27.5 Å². The minimum atomic E-state index is -0.407. The van der Waals surface area contributed by atoms with Gasteiger partial charge in [0.2, 0.25) is 11.8 Å². The molecule has 8 nitrogen and oxygen atoms in total. The van der Waals surface area contributed by atoms with E-state index >= 15 is 0 Å². The molecule has 4 aromatic rings. The number of nitrogens with zero attached hydrogens (tertiary/aromatic N) is 2. The van der Waals surface area contributed by atoms with Gasteiger partial charge in [-0.2, -0.15) is 10.2 Å². The van der Waals surface area contributed by atoms with Crippen molar-refractivity contribution in [1.29, 1.82) is 5.26 Å². The zero-order valence-corrected chi connectivity index (χ0v) is 18.5. The number of anilines is 1.